The van der Waals surface area contributed by atoms with Crippen molar-refractivity contribution in [2.24, 2.45) is 0 Å². The number of esters is 1. The van der Waals surface area contributed by atoms with E-state index in [1.54, 1.807) is 37.3 Å². The van der Waals surface area contributed by atoms with Gasteiger partial charge in [0, 0.05) is 11.8 Å². The summed E-state index contributed by atoms with van der Waals surface area (Å²) >= 11 is 0. The van der Waals surface area contributed by atoms with Crippen LogP contribution in [0.4, 0.5) is 4.39 Å². The minimum atomic E-state index is -1.75. The van der Waals surface area contributed by atoms with Crippen molar-refractivity contribution in [2.75, 3.05) is 0 Å². The van der Waals surface area contributed by atoms with Crippen LogP contribution < -0.4 is 11.2 Å². The van der Waals surface area contributed by atoms with Gasteiger partial charge in [0.05, 0.1) is 5.56 Å². The molecular weight excluding hydrogens is 342 g/mol. The summed E-state index contributed by atoms with van der Waals surface area (Å²) in [6.45, 7) is 3.27. The van der Waals surface area contributed by atoms with Crippen molar-refractivity contribution < 1.29 is 18.7 Å². The van der Waals surface area contributed by atoms with E-state index in [0.717, 1.165) is 4.57 Å². The molecule has 0 radical (unpaired) electrons. The van der Waals surface area contributed by atoms with Crippen LogP contribution in [0.15, 0.2) is 46.1 Å². The van der Waals surface area contributed by atoms with Gasteiger partial charge in [-0.3, -0.25) is 14.3 Å². The van der Waals surface area contributed by atoms with Crippen molar-refractivity contribution in [3.05, 3.63) is 68.5 Å². The number of ether oxygens (including phenoxy) is 2. The summed E-state index contributed by atoms with van der Waals surface area (Å²) < 4.78 is 27.0. The van der Waals surface area contributed by atoms with Crippen molar-refractivity contribution in [2.45, 2.75) is 44.9 Å². The van der Waals surface area contributed by atoms with Crippen LogP contribution in [0.3, 0.4) is 0 Å². The van der Waals surface area contributed by atoms with Crippen LogP contribution in [0.1, 0.15) is 35.5 Å². The number of halogens is 1. The SMILES string of the molecule is CC[C@H]1OC(n2cc(C)c(=O)[nH]c2=O)[C@H]([18F])C1OC(=O)c1ccccc1. The van der Waals surface area contributed by atoms with Crippen molar-refractivity contribution in [1.29, 1.82) is 0 Å². The molecule has 0 saturated carbocycles. The Balaban J connectivity index is 1.87. The van der Waals surface area contributed by atoms with E-state index < -0.39 is 41.8 Å². The highest BCUT2D eigenvalue weighted by atomic mass is 18.2. The number of carbonyl (C=O) groups excluding carboxylic acids is 1. The fourth-order valence-electron chi connectivity index (χ4n) is 2.93. The van der Waals surface area contributed by atoms with Crippen LogP contribution >= 0.6 is 0 Å². The molecule has 3 rings (SSSR count). The maximum atomic E-state index is 15.0. The number of carbonyl (C=O) groups is 1. The van der Waals surface area contributed by atoms with Crippen LogP contribution in [0.2, 0.25) is 0 Å². The van der Waals surface area contributed by atoms with E-state index in [1.807, 2.05) is 0 Å². The zero-order chi connectivity index (χ0) is 18.8. The Morgan fingerprint density at radius 1 is 1.31 bits per heavy atom. The first-order chi connectivity index (χ1) is 12.4. The van der Waals surface area contributed by atoms with Gasteiger partial charge in [0.25, 0.3) is 5.56 Å². The first-order valence-corrected chi connectivity index (χ1v) is 8.30. The Bertz CT molecular complexity index is 908. The Morgan fingerprint density at radius 3 is 2.65 bits per heavy atom. The van der Waals surface area contributed by atoms with Crippen LogP contribution in [-0.2, 0) is 9.47 Å². The molecule has 2 aromatic rings. The molecule has 1 fully saturated rings. The van der Waals surface area contributed by atoms with Crippen LogP contribution in [0.25, 0.3) is 0 Å². The van der Waals surface area contributed by atoms with E-state index in [1.165, 1.54) is 13.1 Å². The van der Waals surface area contributed by atoms with E-state index in [-0.39, 0.29) is 5.56 Å². The number of hydrogen-bond donors (Lipinski definition) is 1. The van der Waals surface area contributed by atoms with Gasteiger partial charge >= 0.3 is 11.7 Å². The van der Waals surface area contributed by atoms with E-state index in [2.05, 4.69) is 4.98 Å². The molecule has 1 aromatic heterocycles. The molecule has 0 bridgehead atoms. The fraction of sp³-hybridized carbons (Fsp3) is 0.389. The number of aromatic amines is 1. The summed E-state index contributed by atoms with van der Waals surface area (Å²) in [6, 6.07) is 8.25. The molecule has 1 aliphatic heterocycles. The minimum Gasteiger partial charge on any atom is -0.453 e. The molecule has 8 heteroatoms. The predicted octanol–water partition coefficient (Wildman–Crippen LogP) is 1.72. The summed E-state index contributed by atoms with van der Waals surface area (Å²) in [4.78, 5) is 37.9. The number of aryl methyl sites for hydroxylation is 1. The molecule has 1 aromatic carbocycles. The standard InChI is InChI=1S/C18H19FN2O5/c1-3-12-14(26-17(23)11-7-5-4-6-8-11)13(19)16(25-12)21-9-10(2)15(22)20-18(21)24/h4-9,12-14,16H,3H2,1-2H3,(H,20,22,24)/t12-,13-,14?,16?/m1/s1/i19-1. The number of nitrogens with zero attached hydrogens (tertiary/aromatic N) is 1. The second kappa shape index (κ2) is 7.25. The fourth-order valence-corrected chi connectivity index (χ4v) is 2.93. The number of rotatable bonds is 4. The van der Waals surface area contributed by atoms with Gasteiger partial charge in [-0.1, -0.05) is 25.1 Å². The second-order valence-corrected chi connectivity index (χ2v) is 6.13. The van der Waals surface area contributed by atoms with Crippen molar-refractivity contribution in [3.63, 3.8) is 0 Å². The second-order valence-electron chi connectivity index (χ2n) is 6.13. The van der Waals surface area contributed by atoms with E-state index in [4.69, 9.17) is 9.47 Å². The molecule has 0 aliphatic carbocycles. The molecular formula is C18H19FN2O5. The molecule has 0 spiro atoms. The number of benzene rings is 1. The predicted molar refractivity (Wildman–Crippen MR) is 90.8 cm³/mol. The monoisotopic (exact) mass is 361 g/mol. The minimum absolute atomic E-state index is 0.248. The molecule has 2 heterocycles. The van der Waals surface area contributed by atoms with E-state index in [9.17, 15) is 14.4 Å². The smallest absolute Gasteiger partial charge is 0.338 e. The summed E-state index contributed by atoms with van der Waals surface area (Å²) in [5, 5.41) is 0. The van der Waals surface area contributed by atoms with Crippen molar-refractivity contribution in [3.8, 4) is 0 Å². The summed E-state index contributed by atoms with van der Waals surface area (Å²) in [5.41, 5.74) is -0.773. The first-order valence-electron chi connectivity index (χ1n) is 8.30. The average Bonchev–Trinajstić information content (AvgIpc) is 2.94. The lowest BCUT2D eigenvalue weighted by Gasteiger charge is -2.18. The third-order valence-electron chi connectivity index (χ3n) is 4.34. The molecule has 1 aliphatic rings. The van der Waals surface area contributed by atoms with Gasteiger partial charge in [-0.15, -0.1) is 0 Å². The van der Waals surface area contributed by atoms with Gasteiger partial charge in [-0.25, -0.2) is 14.0 Å². The van der Waals surface area contributed by atoms with Gasteiger partial charge < -0.3 is 9.47 Å². The topological polar surface area (TPSA) is 90.4 Å². The molecule has 2 unspecified atom stereocenters. The zero-order valence-corrected chi connectivity index (χ0v) is 14.3. The van der Waals surface area contributed by atoms with E-state index in [0.29, 0.717) is 12.0 Å². The third kappa shape index (κ3) is 3.32. The van der Waals surface area contributed by atoms with Crippen LogP contribution in [-0.4, -0.2) is 33.9 Å². The molecule has 0 amide bonds. The van der Waals surface area contributed by atoms with Gasteiger partial charge in [-0.05, 0) is 25.5 Å². The normalized spacial score (nSPS) is 25.2. The Morgan fingerprint density at radius 2 is 2.00 bits per heavy atom. The summed E-state index contributed by atoms with van der Waals surface area (Å²) in [5.74, 6) is -0.661. The van der Waals surface area contributed by atoms with Gasteiger partial charge in [0.15, 0.2) is 18.5 Å². The van der Waals surface area contributed by atoms with Crippen molar-refractivity contribution >= 4 is 5.97 Å². The number of nitrogens with one attached hydrogen (secondary N) is 1. The van der Waals surface area contributed by atoms with Crippen LogP contribution in [0.5, 0.6) is 0 Å². The molecule has 1 N–H and O–H groups in total. The first kappa shape index (κ1) is 18.1. The number of alkyl halides is 1. The number of aromatic nitrogens is 2. The zero-order valence-electron chi connectivity index (χ0n) is 14.3. The summed E-state index contributed by atoms with van der Waals surface area (Å²) in [6.07, 6.45) is -3.27. The average molecular weight is 361 g/mol. The largest absolute Gasteiger partial charge is 0.453 e. The van der Waals surface area contributed by atoms with E-state index >= 15 is 4.39 Å². The van der Waals surface area contributed by atoms with Gasteiger partial charge in [-0.2, -0.15) is 0 Å². The quantitative estimate of drug-likeness (QED) is 0.838. The third-order valence-corrected chi connectivity index (χ3v) is 4.34. The van der Waals surface area contributed by atoms with Gasteiger partial charge in [0.2, 0.25) is 0 Å². The Hall–Kier alpha value is -2.74. The maximum Gasteiger partial charge on any atom is 0.338 e. The highest BCUT2D eigenvalue weighted by Gasteiger charge is 2.48. The highest BCUT2D eigenvalue weighted by Crippen LogP contribution is 2.34. The lowest BCUT2D eigenvalue weighted by Crippen LogP contribution is -2.38. The molecule has 4 atom stereocenters. The molecule has 138 valence electrons. The lowest BCUT2D eigenvalue weighted by atomic mass is 10.1. The maximum absolute atomic E-state index is 15.0. The Labute approximate surface area is 148 Å². The van der Waals surface area contributed by atoms with Gasteiger partial charge in [0.1, 0.15) is 6.10 Å². The molecule has 26 heavy (non-hydrogen) atoms. The Kier molecular flexibility index (Phi) is 5.03. The number of hydrogen-bond acceptors (Lipinski definition) is 5. The summed E-state index contributed by atoms with van der Waals surface area (Å²) in [7, 11) is 0. The molecule has 7 nitrogen and oxygen atoms in total. The van der Waals surface area contributed by atoms with Crippen LogP contribution in [0, 0.1) is 6.92 Å². The highest BCUT2D eigenvalue weighted by molar-refractivity contribution is 5.89. The lowest BCUT2D eigenvalue weighted by molar-refractivity contribution is -0.0327. The molecule has 1 saturated heterocycles. The van der Waals surface area contributed by atoms with Crippen molar-refractivity contribution in [1.82, 2.24) is 9.55 Å². The number of H-pyrrole nitrogens is 1.